The third-order valence-electron chi connectivity index (χ3n) is 5.25. The van der Waals surface area contributed by atoms with E-state index in [2.05, 4.69) is 47.0 Å². The van der Waals surface area contributed by atoms with Crippen LogP contribution in [0.1, 0.15) is 30.9 Å². The molecule has 0 radical (unpaired) electrons. The van der Waals surface area contributed by atoms with Gasteiger partial charge >= 0.3 is 0 Å². The van der Waals surface area contributed by atoms with Crippen molar-refractivity contribution in [3.63, 3.8) is 0 Å². The van der Waals surface area contributed by atoms with Crippen LogP contribution in [0.2, 0.25) is 0 Å². The number of carbonyl (C=O) groups is 1. The number of allylic oxidation sites excluding steroid dienone is 3. The first kappa shape index (κ1) is 23.1. The molecule has 9 heteroatoms. The Bertz CT molecular complexity index is 1080. The molecule has 1 aliphatic carbocycles. The first-order valence-electron chi connectivity index (χ1n) is 10.8. The fourth-order valence-electron chi connectivity index (χ4n) is 3.58. The Morgan fingerprint density at radius 3 is 2.55 bits per heavy atom. The molecule has 7 nitrogen and oxygen atoms in total. The molecule has 4 rings (SSSR count). The van der Waals surface area contributed by atoms with Gasteiger partial charge in [0.25, 0.3) is 5.91 Å². The summed E-state index contributed by atoms with van der Waals surface area (Å²) in [5.41, 5.74) is 2.55. The fraction of sp³-hybridized carbons (Fsp3) is 0.250. The average Bonchev–Trinajstić information content (AvgIpc) is 3.34. The van der Waals surface area contributed by atoms with Gasteiger partial charge in [-0.1, -0.05) is 36.4 Å². The molecule has 1 aromatic carbocycles. The van der Waals surface area contributed by atoms with Gasteiger partial charge in [0.15, 0.2) is 5.11 Å². The van der Waals surface area contributed by atoms with Crippen LogP contribution in [0.4, 0.5) is 5.82 Å². The minimum Gasteiger partial charge on any atom is -0.347 e. The zero-order valence-corrected chi connectivity index (χ0v) is 20.4. The molecule has 1 unspecified atom stereocenters. The lowest BCUT2D eigenvalue weighted by Gasteiger charge is -2.22. The summed E-state index contributed by atoms with van der Waals surface area (Å²) in [6, 6.07) is 12.5. The molecule has 170 valence electrons. The third-order valence-corrected chi connectivity index (χ3v) is 5.93. The van der Waals surface area contributed by atoms with Gasteiger partial charge in [0.1, 0.15) is 11.9 Å². The number of hydrazone groups is 1. The lowest BCUT2D eigenvalue weighted by molar-refractivity contribution is -0.122. The number of anilines is 1. The van der Waals surface area contributed by atoms with Crippen molar-refractivity contribution < 1.29 is 4.79 Å². The van der Waals surface area contributed by atoms with Crippen molar-refractivity contribution in [2.75, 3.05) is 18.4 Å². The molecule has 0 saturated carbocycles. The van der Waals surface area contributed by atoms with E-state index in [1.165, 1.54) is 12.8 Å². The molecule has 33 heavy (non-hydrogen) atoms. The number of pyridine rings is 1. The minimum atomic E-state index is -0.671. The summed E-state index contributed by atoms with van der Waals surface area (Å²) in [7, 11) is 0. The van der Waals surface area contributed by atoms with Crippen LogP contribution >= 0.6 is 28.1 Å². The summed E-state index contributed by atoms with van der Waals surface area (Å²) < 4.78 is 0.871. The van der Waals surface area contributed by atoms with Crippen LogP contribution in [-0.4, -0.2) is 39.8 Å². The number of aromatic nitrogens is 1. The van der Waals surface area contributed by atoms with E-state index in [1.54, 1.807) is 12.3 Å². The molecule has 1 amide bonds. The van der Waals surface area contributed by atoms with E-state index in [-0.39, 0.29) is 5.91 Å². The molecular weight excluding hydrogens is 500 g/mol. The van der Waals surface area contributed by atoms with Crippen LogP contribution in [0.15, 0.2) is 82.2 Å². The minimum absolute atomic E-state index is 0.204. The van der Waals surface area contributed by atoms with Gasteiger partial charge < -0.3 is 16.0 Å². The van der Waals surface area contributed by atoms with Gasteiger partial charge in [-0.15, -0.1) is 0 Å². The van der Waals surface area contributed by atoms with Gasteiger partial charge in [0.05, 0.1) is 5.71 Å². The molecule has 2 aliphatic rings. The topological polar surface area (TPSA) is 81.7 Å². The summed E-state index contributed by atoms with van der Waals surface area (Å²) >= 11 is 8.81. The Kier molecular flexibility index (Phi) is 7.85. The molecule has 0 bridgehead atoms. The third kappa shape index (κ3) is 6.72. The second-order valence-electron chi connectivity index (χ2n) is 7.74. The summed E-state index contributed by atoms with van der Waals surface area (Å²) in [5, 5.41) is 16.2. The Morgan fingerprint density at radius 2 is 1.88 bits per heavy atom. The highest BCUT2D eigenvalue weighted by molar-refractivity contribution is 9.10. The maximum atomic E-state index is 13.2. The normalized spacial score (nSPS) is 17.4. The maximum absolute atomic E-state index is 13.2. The summed E-state index contributed by atoms with van der Waals surface area (Å²) in [6.07, 6.45) is 10.6. The van der Waals surface area contributed by atoms with E-state index in [0.717, 1.165) is 34.5 Å². The quantitative estimate of drug-likeness (QED) is 0.489. The molecule has 2 aromatic rings. The SMILES string of the molecule is O=C(NC1=CCC(=NN2CCCC2)C=C1)C(NC(=S)Nc1ccc(Br)cn1)c1ccccc1. The van der Waals surface area contributed by atoms with Crippen LogP contribution < -0.4 is 16.0 Å². The van der Waals surface area contributed by atoms with Crippen LogP contribution in [0.3, 0.4) is 0 Å². The van der Waals surface area contributed by atoms with E-state index >= 15 is 0 Å². The molecule has 1 fully saturated rings. The summed E-state index contributed by atoms with van der Waals surface area (Å²) in [6.45, 7) is 2.03. The highest BCUT2D eigenvalue weighted by Crippen LogP contribution is 2.17. The number of halogens is 1. The predicted octanol–water partition coefficient (Wildman–Crippen LogP) is 4.28. The zero-order chi connectivity index (χ0) is 23.0. The zero-order valence-electron chi connectivity index (χ0n) is 18.0. The smallest absolute Gasteiger partial charge is 0.251 e. The number of amides is 1. The second kappa shape index (κ2) is 11.2. The van der Waals surface area contributed by atoms with E-state index in [4.69, 9.17) is 12.2 Å². The molecular formula is C24H25BrN6OS. The van der Waals surface area contributed by atoms with E-state index < -0.39 is 6.04 Å². The van der Waals surface area contributed by atoms with Crippen LogP contribution in [0.5, 0.6) is 0 Å². The number of rotatable bonds is 6. The number of thiocarbonyl (C=S) groups is 1. The van der Waals surface area contributed by atoms with Crippen LogP contribution in [-0.2, 0) is 4.79 Å². The Balaban J connectivity index is 1.41. The molecule has 1 aliphatic heterocycles. The van der Waals surface area contributed by atoms with Crippen LogP contribution in [0.25, 0.3) is 0 Å². The molecule has 1 atom stereocenters. The number of hydrogen-bond acceptors (Lipinski definition) is 5. The van der Waals surface area contributed by atoms with Crippen LogP contribution in [0, 0.1) is 0 Å². The van der Waals surface area contributed by atoms with Crippen molar-refractivity contribution in [3.05, 3.63) is 82.6 Å². The van der Waals surface area contributed by atoms with Crippen molar-refractivity contribution >= 4 is 50.7 Å². The van der Waals surface area contributed by atoms with Crippen molar-refractivity contribution in [3.8, 4) is 0 Å². The predicted molar refractivity (Wildman–Crippen MR) is 139 cm³/mol. The molecule has 0 spiro atoms. The number of hydrogen-bond donors (Lipinski definition) is 3. The van der Waals surface area contributed by atoms with Crippen molar-refractivity contribution in [1.29, 1.82) is 0 Å². The monoisotopic (exact) mass is 524 g/mol. The van der Waals surface area contributed by atoms with Gasteiger partial charge in [-0.2, -0.15) is 5.10 Å². The summed E-state index contributed by atoms with van der Waals surface area (Å²) in [5.74, 6) is 0.385. The molecule has 1 aromatic heterocycles. The van der Waals surface area contributed by atoms with Crippen molar-refractivity contribution in [2.45, 2.75) is 25.3 Å². The number of nitrogens with one attached hydrogen (secondary N) is 3. The van der Waals surface area contributed by atoms with Gasteiger partial charge in [0, 0.05) is 35.9 Å². The number of carbonyl (C=O) groups excluding carboxylic acids is 1. The van der Waals surface area contributed by atoms with Gasteiger partial charge in [-0.3, -0.25) is 9.80 Å². The summed E-state index contributed by atoms with van der Waals surface area (Å²) in [4.78, 5) is 17.5. The highest BCUT2D eigenvalue weighted by Gasteiger charge is 2.22. The second-order valence-corrected chi connectivity index (χ2v) is 9.07. The standard InChI is InChI=1S/C24H25BrN6OS/c25-18-8-13-21(26-16-18)28-24(33)29-22(17-6-2-1-3-7-17)23(32)27-19-9-11-20(12-10-19)30-31-14-4-5-15-31/h1-3,6-11,13,16,22H,4-5,12,14-15H2,(H,27,32)(H2,26,28,29,33). The lowest BCUT2D eigenvalue weighted by Crippen LogP contribution is -2.41. The largest absolute Gasteiger partial charge is 0.347 e. The van der Waals surface area contributed by atoms with E-state index in [9.17, 15) is 4.79 Å². The van der Waals surface area contributed by atoms with Gasteiger partial charge in [0.2, 0.25) is 0 Å². The van der Waals surface area contributed by atoms with Gasteiger partial charge in [-0.25, -0.2) is 4.98 Å². The number of nitrogens with zero attached hydrogens (tertiary/aromatic N) is 3. The Morgan fingerprint density at radius 1 is 1.09 bits per heavy atom. The first-order valence-corrected chi connectivity index (χ1v) is 12.0. The van der Waals surface area contributed by atoms with E-state index in [1.807, 2.05) is 54.6 Å². The lowest BCUT2D eigenvalue weighted by atomic mass is 10.1. The molecule has 1 saturated heterocycles. The fourth-order valence-corrected chi connectivity index (χ4v) is 4.04. The van der Waals surface area contributed by atoms with E-state index in [0.29, 0.717) is 17.4 Å². The molecule has 3 N–H and O–H groups in total. The number of benzene rings is 1. The van der Waals surface area contributed by atoms with Gasteiger partial charge in [-0.05, 0) is 70.8 Å². The average molecular weight is 525 g/mol. The Labute approximate surface area is 207 Å². The van der Waals surface area contributed by atoms with Crippen molar-refractivity contribution in [1.82, 2.24) is 20.6 Å². The van der Waals surface area contributed by atoms with Crippen molar-refractivity contribution in [2.24, 2.45) is 5.10 Å². The Hall–Kier alpha value is -3.04. The highest BCUT2D eigenvalue weighted by atomic mass is 79.9. The first-order chi connectivity index (χ1) is 16.1. The molecule has 2 heterocycles. The maximum Gasteiger partial charge on any atom is 0.251 e.